The second kappa shape index (κ2) is 8.06. The molecule has 0 aliphatic heterocycles. The maximum Gasteiger partial charge on any atom is 0.279 e. The molecule has 0 saturated heterocycles. The minimum absolute atomic E-state index is 0.0825. The maximum atomic E-state index is 13.0. The standard InChI is InChI=1S/C20H13Cl2FN4O2/c21-13-3-6-15(16(22)9-13)18-10-17(26-29-18)20(28)24-19-7-8-27(25-19)11-12-1-4-14(23)5-2-12/h1-10H,11H2,(H,24,25,28). The van der Waals surface area contributed by atoms with E-state index in [9.17, 15) is 9.18 Å². The van der Waals surface area contributed by atoms with Gasteiger partial charge in [-0.1, -0.05) is 40.5 Å². The quantitative estimate of drug-likeness (QED) is 0.467. The van der Waals surface area contributed by atoms with Crippen molar-refractivity contribution in [3.63, 3.8) is 0 Å². The van der Waals surface area contributed by atoms with E-state index in [-0.39, 0.29) is 11.5 Å². The summed E-state index contributed by atoms with van der Waals surface area (Å²) < 4.78 is 19.8. The third-order valence-corrected chi connectivity index (χ3v) is 4.63. The zero-order valence-corrected chi connectivity index (χ0v) is 16.3. The largest absolute Gasteiger partial charge is 0.355 e. The molecule has 0 saturated carbocycles. The van der Waals surface area contributed by atoms with Gasteiger partial charge in [0, 0.05) is 28.9 Å². The summed E-state index contributed by atoms with van der Waals surface area (Å²) in [5.74, 6) is -0.0732. The van der Waals surface area contributed by atoms with E-state index in [0.717, 1.165) is 5.56 Å². The van der Waals surface area contributed by atoms with Gasteiger partial charge < -0.3 is 9.84 Å². The highest BCUT2D eigenvalue weighted by atomic mass is 35.5. The van der Waals surface area contributed by atoms with E-state index in [0.29, 0.717) is 33.7 Å². The molecular weight excluding hydrogens is 418 g/mol. The van der Waals surface area contributed by atoms with Gasteiger partial charge in [0.25, 0.3) is 5.91 Å². The summed E-state index contributed by atoms with van der Waals surface area (Å²) in [6.07, 6.45) is 1.71. The zero-order chi connectivity index (χ0) is 20.4. The smallest absolute Gasteiger partial charge is 0.279 e. The Labute approximate surface area is 174 Å². The Morgan fingerprint density at radius 2 is 1.90 bits per heavy atom. The monoisotopic (exact) mass is 430 g/mol. The number of hydrogen-bond acceptors (Lipinski definition) is 4. The van der Waals surface area contributed by atoms with Crippen molar-refractivity contribution in [1.82, 2.24) is 14.9 Å². The second-order valence-corrected chi connectivity index (χ2v) is 7.02. The number of amides is 1. The molecule has 2 aromatic carbocycles. The van der Waals surface area contributed by atoms with Crippen LogP contribution in [-0.4, -0.2) is 20.8 Å². The van der Waals surface area contributed by atoms with Gasteiger partial charge in [-0.05, 0) is 35.9 Å². The summed E-state index contributed by atoms with van der Waals surface area (Å²) in [4.78, 5) is 12.4. The molecule has 0 atom stereocenters. The highest BCUT2D eigenvalue weighted by Crippen LogP contribution is 2.30. The average Bonchev–Trinajstić information content (AvgIpc) is 3.33. The fraction of sp³-hybridized carbons (Fsp3) is 0.0500. The predicted molar refractivity (Wildman–Crippen MR) is 108 cm³/mol. The maximum absolute atomic E-state index is 13.0. The molecule has 1 amide bonds. The Kier molecular flexibility index (Phi) is 5.33. The molecule has 4 aromatic rings. The highest BCUT2D eigenvalue weighted by Gasteiger charge is 2.16. The van der Waals surface area contributed by atoms with Gasteiger partial charge in [0.05, 0.1) is 11.6 Å². The van der Waals surface area contributed by atoms with E-state index in [4.69, 9.17) is 27.7 Å². The van der Waals surface area contributed by atoms with E-state index in [2.05, 4.69) is 15.6 Å². The molecule has 9 heteroatoms. The van der Waals surface area contributed by atoms with Crippen molar-refractivity contribution in [1.29, 1.82) is 0 Å². The van der Waals surface area contributed by atoms with Crippen molar-refractivity contribution in [3.8, 4) is 11.3 Å². The van der Waals surface area contributed by atoms with Gasteiger partial charge >= 0.3 is 0 Å². The molecule has 0 spiro atoms. The number of carbonyl (C=O) groups is 1. The normalized spacial score (nSPS) is 10.9. The molecule has 2 heterocycles. The molecule has 0 radical (unpaired) electrons. The Morgan fingerprint density at radius 3 is 2.66 bits per heavy atom. The molecule has 0 unspecified atom stereocenters. The lowest BCUT2D eigenvalue weighted by Gasteiger charge is -2.02. The summed E-state index contributed by atoms with van der Waals surface area (Å²) in [6.45, 7) is 0.444. The van der Waals surface area contributed by atoms with Crippen LogP contribution < -0.4 is 5.32 Å². The zero-order valence-electron chi connectivity index (χ0n) is 14.8. The summed E-state index contributed by atoms with van der Waals surface area (Å²) in [7, 11) is 0. The third-order valence-electron chi connectivity index (χ3n) is 4.08. The number of rotatable bonds is 5. The van der Waals surface area contributed by atoms with Crippen molar-refractivity contribution < 1.29 is 13.7 Å². The first-order chi connectivity index (χ1) is 14.0. The Bertz CT molecular complexity index is 1170. The molecule has 0 fully saturated rings. The Hall–Kier alpha value is -3.16. The van der Waals surface area contributed by atoms with Gasteiger partial charge in [0.1, 0.15) is 5.82 Å². The van der Waals surface area contributed by atoms with E-state index in [1.165, 1.54) is 18.2 Å². The van der Waals surface area contributed by atoms with Crippen LogP contribution in [0.3, 0.4) is 0 Å². The number of carbonyl (C=O) groups excluding carboxylic acids is 1. The summed E-state index contributed by atoms with van der Waals surface area (Å²) in [5.41, 5.74) is 1.54. The molecule has 4 rings (SSSR count). The molecule has 2 aromatic heterocycles. The van der Waals surface area contributed by atoms with Crippen LogP contribution in [0.25, 0.3) is 11.3 Å². The molecule has 6 nitrogen and oxygen atoms in total. The Balaban J connectivity index is 1.44. The molecule has 0 aliphatic carbocycles. The predicted octanol–water partition coefficient (Wildman–Crippen LogP) is 5.28. The van der Waals surface area contributed by atoms with Crippen LogP contribution in [0, 0.1) is 5.82 Å². The first kappa shape index (κ1) is 19.2. The highest BCUT2D eigenvalue weighted by molar-refractivity contribution is 6.36. The lowest BCUT2D eigenvalue weighted by atomic mass is 10.1. The van der Waals surface area contributed by atoms with E-state index < -0.39 is 5.91 Å². The van der Waals surface area contributed by atoms with Gasteiger partial charge in [0.2, 0.25) is 0 Å². The van der Waals surface area contributed by atoms with Crippen LogP contribution >= 0.6 is 23.2 Å². The molecule has 0 aliphatic rings. The van der Waals surface area contributed by atoms with Crippen LogP contribution in [0.4, 0.5) is 10.2 Å². The van der Waals surface area contributed by atoms with Crippen LogP contribution in [0.1, 0.15) is 16.1 Å². The first-order valence-corrected chi connectivity index (χ1v) is 9.25. The molecule has 1 N–H and O–H groups in total. The summed E-state index contributed by atoms with van der Waals surface area (Å²) in [5, 5.41) is 11.6. The van der Waals surface area contributed by atoms with Gasteiger partial charge in [-0.25, -0.2) is 4.39 Å². The number of benzene rings is 2. The van der Waals surface area contributed by atoms with Crippen molar-refractivity contribution >= 4 is 34.9 Å². The van der Waals surface area contributed by atoms with Crippen molar-refractivity contribution in [2.24, 2.45) is 0 Å². The fourth-order valence-electron chi connectivity index (χ4n) is 2.67. The second-order valence-electron chi connectivity index (χ2n) is 6.18. The molecular formula is C20H13Cl2FN4O2. The Morgan fingerprint density at radius 1 is 1.10 bits per heavy atom. The molecule has 146 valence electrons. The lowest BCUT2D eigenvalue weighted by Crippen LogP contribution is -2.13. The van der Waals surface area contributed by atoms with Crippen molar-refractivity contribution in [3.05, 3.63) is 87.9 Å². The number of aromatic nitrogens is 3. The lowest BCUT2D eigenvalue weighted by molar-refractivity contribution is 0.101. The SMILES string of the molecule is O=C(Nc1ccn(Cc2ccc(F)cc2)n1)c1cc(-c2ccc(Cl)cc2Cl)on1. The number of nitrogens with zero attached hydrogens (tertiary/aromatic N) is 3. The number of halogens is 3. The third kappa shape index (κ3) is 4.47. The van der Waals surface area contributed by atoms with E-state index in [1.807, 2.05) is 0 Å². The summed E-state index contributed by atoms with van der Waals surface area (Å²) in [6, 6.07) is 14.2. The number of hydrogen-bond donors (Lipinski definition) is 1. The van der Waals surface area contributed by atoms with E-state index >= 15 is 0 Å². The van der Waals surface area contributed by atoms with Gasteiger partial charge in [0.15, 0.2) is 17.3 Å². The van der Waals surface area contributed by atoms with Gasteiger partial charge in [-0.15, -0.1) is 0 Å². The molecule has 29 heavy (non-hydrogen) atoms. The summed E-state index contributed by atoms with van der Waals surface area (Å²) >= 11 is 12.0. The molecule has 0 bridgehead atoms. The van der Waals surface area contributed by atoms with Crippen LogP contribution in [-0.2, 0) is 6.54 Å². The number of nitrogens with one attached hydrogen (secondary N) is 1. The van der Waals surface area contributed by atoms with Gasteiger partial charge in [-0.2, -0.15) is 5.10 Å². The van der Waals surface area contributed by atoms with Gasteiger partial charge in [-0.3, -0.25) is 9.48 Å². The topological polar surface area (TPSA) is 73.0 Å². The van der Waals surface area contributed by atoms with Crippen LogP contribution in [0.5, 0.6) is 0 Å². The minimum Gasteiger partial charge on any atom is -0.355 e. The van der Waals surface area contributed by atoms with Crippen LogP contribution in [0.15, 0.2) is 65.3 Å². The van der Waals surface area contributed by atoms with Crippen molar-refractivity contribution in [2.45, 2.75) is 6.54 Å². The van der Waals surface area contributed by atoms with Crippen LogP contribution in [0.2, 0.25) is 10.0 Å². The fourth-order valence-corrected chi connectivity index (χ4v) is 3.17. The average molecular weight is 431 g/mol. The first-order valence-electron chi connectivity index (χ1n) is 8.49. The number of anilines is 1. The van der Waals surface area contributed by atoms with Crippen molar-refractivity contribution in [2.75, 3.05) is 5.32 Å². The van der Waals surface area contributed by atoms with E-state index in [1.54, 1.807) is 47.3 Å². The minimum atomic E-state index is -0.475.